The van der Waals surface area contributed by atoms with Crippen molar-refractivity contribution in [1.82, 2.24) is 4.31 Å². The molecule has 20 heavy (non-hydrogen) atoms. The van der Waals surface area contributed by atoms with Crippen LogP contribution < -0.4 is 0 Å². The molecule has 5 nitrogen and oxygen atoms in total. The Hall–Kier alpha value is -1.54. The second kappa shape index (κ2) is 6.27. The molecule has 1 aromatic rings. The van der Waals surface area contributed by atoms with Crippen LogP contribution in [0.1, 0.15) is 20.3 Å². The van der Waals surface area contributed by atoms with E-state index in [9.17, 15) is 22.0 Å². The molecule has 0 aliphatic carbocycles. The van der Waals surface area contributed by atoms with Crippen LogP contribution in [0.25, 0.3) is 0 Å². The van der Waals surface area contributed by atoms with Crippen molar-refractivity contribution in [2.24, 2.45) is 0 Å². The number of aliphatic carboxylic acids is 1. The molecule has 0 aromatic heterocycles. The molecule has 0 saturated carbocycles. The third-order valence-electron chi connectivity index (χ3n) is 2.85. The van der Waals surface area contributed by atoms with Gasteiger partial charge in [0.25, 0.3) is 0 Å². The number of carboxylic acids is 1. The molecule has 112 valence electrons. The van der Waals surface area contributed by atoms with Crippen molar-refractivity contribution in [2.75, 3.05) is 6.54 Å². The van der Waals surface area contributed by atoms with Gasteiger partial charge in [0.15, 0.2) is 0 Å². The molecule has 0 saturated heterocycles. The van der Waals surface area contributed by atoms with Crippen LogP contribution in [0.3, 0.4) is 0 Å². The molecule has 1 unspecified atom stereocenters. The minimum Gasteiger partial charge on any atom is -0.480 e. The molecule has 1 rings (SSSR count). The van der Waals surface area contributed by atoms with Gasteiger partial charge in [-0.3, -0.25) is 4.79 Å². The lowest BCUT2D eigenvalue weighted by atomic mass is 10.2. The highest BCUT2D eigenvalue weighted by Crippen LogP contribution is 2.23. The Kier molecular flexibility index (Phi) is 5.18. The quantitative estimate of drug-likeness (QED) is 0.870. The maximum absolute atomic E-state index is 13.6. The molecule has 0 spiro atoms. The van der Waals surface area contributed by atoms with Crippen LogP contribution in [0.15, 0.2) is 23.1 Å². The Morgan fingerprint density at radius 1 is 1.40 bits per heavy atom. The molecular weight excluding hydrogens is 292 g/mol. The largest absolute Gasteiger partial charge is 0.480 e. The fraction of sp³-hybridized carbons (Fsp3) is 0.417. The number of sulfonamides is 1. The SMILES string of the molecule is CCC(C)N(CC(=O)O)S(=O)(=O)c1cc(F)ccc1F. The number of halogens is 2. The summed E-state index contributed by atoms with van der Waals surface area (Å²) in [6.45, 7) is 2.35. The van der Waals surface area contributed by atoms with Crippen LogP contribution in [0, 0.1) is 11.6 Å². The molecule has 0 amide bonds. The number of nitrogens with zero attached hydrogens (tertiary/aromatic N) is 1. The number of hydrogen-bond acceptors (Lipinski definition) is 3. The van der Waals surface area contributed by atoms with E-state index in [1.165, 1.54) is 6.92 Å². The highest BCUT2D eigenvalue weighted by molar-refractivity contribution is 7.89. The summed E-state index contributed by atoms with van der Waals surface area (Å²) < 4.78 is 52.0. The third-order valence-corrected chi connectivity index (χ3v) is 4.83. The first-order valence-electron chi connectivity index (χ1n) is 5.88. The zero-order valence-corrected chi connectivity index (χ0v) is 11.8. The minimum atomic E-state index is -4.42. The molecule has 8 heteroatoms. The van der Waals surface area contributed by atoms with Crippen molar-refractivity contribution in [1.29, 1.82) is 0 Å². The van der Waals surface area contributed by atoms with E-state index in [4.69, 9.17) is 5.11 Å². The van der Waals surface area contributed by atoms with Crippen LogP contribution in [0.2, 0.25) is 0 Å². The van der Waals surface area contributed by atoms with Crippen LogP contribution in [-0.2, 0) is 14.8 Å². The van der Waals surface area contributed by atoms with Crippen LogP contribution in [0.5, 0.6) is 0 Å². The van der Waals surface area contributed by atoms with Gasteiger partial charge in [0.2, 0.25) is 10.0 Å². The first-order valence-corrected chi connectivity index (χ1v) is 7.32. The summed E-state index contributed by atoms with van der Waals surface area (Å²) in [5.41, 5.74) is 0. The number of hydrogen-bond donors (Lipinski definition) is 1. The Labute approximate surface area is 115 Å². The zero-order valence-electron chi connectivity index (χ0n) is 11.0. The number of carbonyl (C=O) groups is 1. The first kappa shape index (κ1) is 16.5. The van der Waals surface area contributed by atoms with E-state index < -0.39 is 45.1 Å². The van der Waals surface area contributed by atoms with Crippen molar-refractivity contribution in [3.8, 4) is 0 Å². The Bertz CT molecular complexity index is 603. The van der Waals surface area contributed by atoms with Crippen molar-refractivity contribution >= 4 is 16.0 Å². The summed E-state index contributed by atoms with van der Waals surface area (Å²) in [6, 6.07) is 1.37. The molecule has 0 radical (unpaired) electrons. The lowest BCUT2D eigenvalue weighted by molar-refractivity contribution is -0.137. The van der Waals surface area contributed by atoms with E-state index in [1.807, 2.05) is 0 Å². The molecule has 0 heterocycles. The monoisotopic (exact) mass is 307 g/mol. The van der Waals surface area contributed by atoms with Gasteiger partial charge in [-0.2, -0.15) is 4.31 Å². The van der Waals surface area contributed by atoms with Gasteiger partial charge < -0.3 is 5.11 Å². The van der Waals surface area contributed by atoms with E-state index in [0.717, 1.165) is 6.07 Å². The van der Waals surface area contributed by atoms with Gasteiger partial charge in [-0.1, -0.05) is 6.92 Å². The lowest BCUT2D eigenvalue weighted by Gasteiger charge is -2.26. The molecule has 0 bridgehead atoms. The summed E-state index contributed by atoms with van der Waals surface area (Å²) >= 11 is 0. The van der Waals surface area contributed by atoms with Crippen LogP contribution >= 0.6 is 0 Å². The van der Waals surface area contributed by atoms with Crippen LogP contribution in [0.4, 0.5) is 8.78 Å². The highest BCUT2D eigenvalue weighted by Gasteiger charge is 2.32. The van der Waals surface area contributed by atoms with Crippen molar-refractivity contribution in [2.45, 2.75) is 31.2 Å². The molecule has 1 aromatic carbocycles. The second-order valence-corrected chi connectivity index (χ2v) is 6.13. The summed E-state index contributed by atoms with van der Waals surface area (Å²) in [7, 11) is -4.42. The van der Waals surface area contributed by atoms with E-state index in [-0.39, 0.29) is 0 Å². The molecule has 1 N–H and O–H groups in total. The third kappa shape index (κ3) is 3.51. The van der Waals surface area contributed by atoms with Gasteiger partial charge in [0.05, 0.1) is 0 Å². The van der Waals surface area contributed by atoms with E-state index in [0.29, 0.717) is 22.9 Å². The number of benzene rings is 1. The maximum Gasteiger partial charge on any atom is 0.318 e. The van der Waals surface area contributed by atoms with Crippen molar-refractivity contribution in [3.63, 3.8) is 0 Å². The minimum absolute atomic E-state index is 0.337. The second-order valence-electron chi connectivity index (χ2n) is 4.28. The fourth-order valence-corrected chi connectivity index (χ4v) is 3.35. The molecule has 0 fully saturated rings. The molecule has 0 aliphatic heterocycles. The summed E-state index contributed by atoms with van der Waals surface area (Å²) in [5, 5.41) is 8.79. The topological polar surface area (TPSA) is 74.7 Å². The summed E-state index contributed by atoms with van der Waals surface area (Å²) in [4.78, 5) is 9.92. The van der Waals surface area contributed by atoms with E-state index in [2.05, 4.69) is 0 Å². The molecular formula is C12H15F2NO4S. The van der Waals surface area contributed by atoms with E-state index >= 15 is 0 Å². The smallest absolute Gasteiger partial charge is 0.318 e. The van der Waals surface area contributed by atoms with Gasteiger partial charge in [-0.15, -0.1) is 0 Å². The van der Waals surface area contributed by atoms with Gasteiger partial charge >= 0.3 is 5.97 Å². The Balaban J connectivity index is 3.35. The molecule has 0 aliphatic rings. The maximum atomic E-state index is 13.6. The normalized spacial score (nSPS) is 13.4. The highest BCUT2D eigenvalue weighted by atomic mass is 32.2. The average molecular weight is 307 g/mol. The number of rotatable bonds is 6. The van der Waals surface area contributed by atoms with Crippen LogP contribution in [-0.4, -0.2) is 36.4 Å². The molecule has 1 atom stereocenters. The van der Waals surface area contributed by atoms with Crippen molar-refractivity contribution in [3.05, 3.63) is 29.8 Å². The van der Waals surface area contributed by atoms with Crippen molar-refractivity contribution < 1.29 is 27.1 Å². The Morgan fingerprint density at radius 2 is 2.00 bits per heavy atom. The lowest BCUT2D eigenvalue weighted by Crippen LogP contribution is -2.42. The van der Waals surface area contributed by atoms with E-state index in [1.54, 1.807) is 6.92 Å². The first-order chi connectivity index (χ1) is 9.20. The van der Waals surface area contributed by atoms with Gasteiger partial charge in [0.1, 0.15) is 23.1 Å². The fourth-order valence-electron chi connectivity index (χ4n) is 1.62. The predicted octanol–water partition coefficient (Wildman–Crippen LogP) is 1.84. The Morgan fingerprint density at radius 3 is 2.50 bits per heavy atom. The van der Waals surface area contributed by atoms with Gasteiger partial charge in [-0.05, 0) is 31.5 Å². The standard InChI is InChI=1S/C12H15F2NO4S/c1-3-8(2)15(7-12(16)17)20(18,19)11-6-9(13)4-5-10(11)14/h4-6,8H,3,7H2,1-2H3,(H,16,17). The summed E-state index contributed by atoms with van der Waals surface area (Å²) in [5.74, 6) is -3.40. The van der Waals surface area contributed by atoms with Gasteiger partial charge in [-0.25, -0.2) is 17.2 Å². The van der Waals surface area contributed by atoms with Gasteiger partial charge in [0, 0.05) is 6.04 Å². The number of carboxylic acid groups (broad SMARTS) is 1. The average Bonchev–Trinajstić information content (AvgIpc) is 2.37. The zero-order chi connectivity index (χ0) is 15.5. The summed E-state index contributed by atoms with van der Waals surface area (Å²) in [6.07, 6.45) is 0.337. The predicted molar refractivity (Wildman–Crippen MR) is 67.6 cm³/mol.